The van der Waals surface area contributed by atoms with Crippen LogP contribution in [0.4, 0.5) is 5.69 Å². The molecule has 1 aliphatic heterocycles. The van der Waals surface area contributed by atoms with Gasteiger partial charge in [-0.25, -0.2) is 4.98 Å². The molecule has 1 aliphatic rings. The number of fused-ring (bicyclic) bond motifs is 1. The Morgan fingerprint density at radius 3 is 2.47 bits per heavy atom. The van der Waals surface area contributed by atoms with Gasteiger partial charge in [0.1, 0.15) is 5.82 Å². The number of nitrogens with one attached hydrogen (secondary N) is 2. The maximum absolute atomic E-state index is 12.9. The summed E-state index contributed by atoms with van der Waals surface area (Å²) in [6, 6.07) is 13.5. The van der Waals surface area contributed by atoms with Gasteiger partial charge in [-0.05, 0) is 48.7 Å². The predicted octanol–water partition coefficient (Wildman–Crippen LogP) is 4.52. The Kier molecular flexibility index (Phi) is 6.12. The SMILES string of the molecule is CCC(=O)Nc1ccc(Cc2nc3ccc(C(=O)N4CCCCCC4)cc3[nH]2)cc1. The van der Waals surface area contributed by atoms with Crippen LogP contribution in [0.25, 0.3) is 11.0 Å². The molecule has 4 rings (SSSR count). The molecule has 30 heavy (non-hydrogen) atoms. The summed E-state index contributed by atoms with van der Waals surface area (Å²) in [4.78, 5) is 34.4. The molecule has 2 amide bonds. The first kappa shape index (κ1) is 20.1. The van der Waals surface area contributed by atoms with E-state index in [1.807, 2.05) is 54.3 Å². The van der Waals surface area contributed by atoms with E-state index in [4.69, 9.17) is 0 Å². The lowest BCUT2D eigenvalue weighted by Crippen LogP contribution is -2.31. The summed E-state index contributed by atoms with van der Waals surface area (Å²) < 4.78 is 0. The van der Waals surface area contributed by atoms with Crippen LogP contribution in [0, 0.1) is 0 Å². The van der Waals surface area contributed by atoms with Crippen molar-refractivity contribution in [3.05, 3.63) is 59.4 Å². The fourth-order valence-electron chi connectivity index (χ4n) is 3.88. The number of aromatic amines is 1. The van der Waals surface area contributed by atoms with E-state index in [-0.39, 0.29) is 11.8 Å². The van der Waals surface area contributed by atoms with E-state index in [1.54, 1.807) is 0 Å². The zero-order valence-electron chi connectivity index (χ0n) is 17.4. The molecule has 1 fully saturated rings. The average molecular weight is 405 g/mol. The zero-order chi connectivity index (χ0) is 20.9. The lowest BCUT2D eigenvalue weighted by atomic mass is 10.1. The fraction of sp³-hybridized carbons (Fsp3) is 0.375. The van der Waals surface area contributed by atoms with Crippen LogP contribution in [-0.2, 0) is 11.2 Å². The van der Waals surface area contributed by atoms with E-state index in [2.05, 4.69) is 15.3 Å². The molecular formula is C24H28N4O2. The van der Waals surface area contributed by atoms with Gasteiger partial charge in [0.05, 0.1) is 11.0 Å². The number of H-pyrrole nitrogens is 1. The van der Waals surface area contributed by atoms with Crippen molar-refractivity contribution in [2.45, 2.75) is 45.4 Å². The van der Waals surface area contributed by atoms with Crippen molar-refractivity contribution < 1.29 is 9.59 Å². The molecule has 1 aromatic heterocycles. The van der Waals surface area contributed by atoms with Gasteiger partial charge < -0.3 is 15.2 Å². The van der Waals surface area contributed by atoms with Gasteiger partial charge in [-0.2, -0.15) is 0 Å². The average Bonchev–Trinajstić information content (AvgIpc) is 2.96. The Hall–Kier alpha value is -3.15. The second-order valence-electron chi connectivity index (χ2n) is 7.90. The van der Waals surface area contributed by atoms with Gasteiger partial charge in [-0.3, -0.25) is 9.59 Å². The molecular weight excluding hydrogens is 376 g/mol. The number of likely N-dealkylation sites (tertiary alicyclic amines) is 1. The molecule has 156 valence electrons. The summed E-state index contributed by atoms with van der Waals surface area (Å²) in [5.74, 6) is 0.972. The number of carbonyl (C=O) groups is 2. The summed E-state index contributed by atoms with van der Waals surface area (Å²) in [6.45, 7) is 3.53. The summed E-state index contributed by atoms with van der Waals surface area (Å²) in [5.41, 5.74) is 4.37. The molecule has 2 N–H and O–H groups in total. The van der Waals surface area contributed by atoms with Gasteiger partial charge in [0.25, 0.3) is 5.91 Å². The van der Waals surface area contributed by atoms with Crippen molar-refractivity contribution in [1.29, 1.82) is 0 Å². The number of carbonyl (C=O) groups excluding carboxylic acids is 2. The zero-order valence-corrected chi connectivity index (χ0v) is 17.4. The second kappa shape index (κ2) is 9.11. The number of rotatable bonds is 5. The first-order chi connectivity index (χ1) is 14.6. The first-order valence-corrected chi connectivity index (χ1v) is 10.8. The predicted molar refractivity (Wildman–Crippen MR) is 119 cm³/mol. The van der Waals surface area contributed by atoms with Crippen LogP contribution in [0.15, 0.2) is 42.5 Å². The standard InChI is InChI=1S/C24H28N4O2/c1-2-23(29)25-19-10-7-17(8-11-19)15-22-26-20-12-9-18(16-21(20)27-22)24(30)28-13-5-3-4-6-14-28/h7-12,16H,2-6,13-15H2,1H3,(H,25,29)(H,26,27). The van der Waals surface area contributed by atoms with Gasteiger partial charge in [0, 0.05) is 37.2 Å². The second-order valence-corrected chi connectivity index (χ2v) is 7.90. The van der Waals surface area contributed by atoms with E-state index >= 15 is 0 Å². The maximum atomic E-state index is 12.9. The Labute approximate surface area is 176 Å². The van der Waals surface area contributed by atoms with E-state index in [9.17, 15) is 9.59 Å². The molecule has 0 aliphatic carbocycles. The molecule has 0 bridgehead atoms. The van der Waals surface area contributed by atoms with Crippen molar-refractivity contribution in [3.8, 4) is 0 Å². The highest BCUT2D eigenvalue weighted by Crippen LogP contribution is 2.19. The van der Waals surface area contributed by atoms with Crippen LogP contribution in [0.5, 0.6) is 0 Å². The molecule has 0 radical (unpaired) electrons. The van der Waals surface area contributed by atoms with Crippen LogP contribution in [0.3, 0.4) is 0 Å². The summed E-state index contributed by atoms with van der Waals surface area (Å²) in [5, 5.41) is 2.85. The van der Waals surface area contributed by atoms with Crippen molar-refractivity contribution in [2.24, 2.45) is 0 Å². The minimum Gasteiger partial charge on any atom is -0.342 e. The highest BCUT2D eigenvalue weighted by atomic mass is 16.2. The largest absolute Gasteiger partial charge is 0.342 e. The van der Waals surface area contributed by atoms with E-state index in [1.165, 1.54) is 12.8 Å². The van der Waals surface area contributed by atoms with Crippen LogP contribution >= 0.6 is 0 Å². The number of anilines is 1. The van der Waals surface area contributed by atoms with E-state index < -0.39 is 0 Å². The molecule has 2 heterocycles. The van der Waals surface area contributed by atoms with Crippen LogP contribution in [0.2, 0.25) is 0 Å². The number of aromatic nitrogens is 2. The Balaban J connectivity index is 1.47. The fourth-order valence-corrected chi connectivity index (χ4v) is 3.88. The number of imidazole rings is 1. The van der Waals surface area contributed by atoms with Crippen molar-refractivity contribution >= 4 is 28.5 Å². The molecule has 3 aromatic rings. The van der Waals surface area contributed by atoms with Crippen LogP contribution in [0.1, 0.15) is 60.8 Å². The summed E-state index contributed by atoms with van der Waals surface area (Å²) >= 11 is 0. The van der Waals surface area contributed by atoms with E-state index in [0.29, 0.717) is 12.8 Å². The summed E-state index contributed by atoms with van der Waals surface area (Å²) in [6.07, 6.45) is 5.71. The molecule has 0 unspecified atom stereocenters. The number of amides is 2. The maximum Gasteiger partial charge on any atom is 0.253 e. The van der Waals surface area contributed by atoms with Crippen molar-refractivity contribution in [1.82, 2.24) is 14.9 Å². The number of benzene rings is 2. The normalized spacial score (nSPS) is 14.5. The van der Waals surface area contributed by atoms with Crippen LogP contribution in [-0.4, -0.2) is 39.8 Å². The minimum atomic E-state index is 0.00515. The van der Waals surface area contributed by atoms with Crippen LogP contribution < -0.4 is 5.32 Å². The number of hydrogen-bond acceptors (Lipinski definition) is 3. The highest BCUT2D eigenvalue weighted by Gasteiger charge is 2.18. The third-order valence-electron chi connectivity index (χ3n) is 5.60. The van der Waals surface area contributed by atoms with Crippen molar-refractivity contribution in [2.75, 3.05) is 18.4 Å². The Bertz CT molecular complexity index is 1030. The first-order valence-electron chi connectivity index (χ1n) is 10.8. The number of hydrogen-bond donors (Lipinski definition) is 2. The van der Waals surface area contributed by atoms with Gasteiger partial charge in [0.2, 0.25) is 5.91 Å². The molecule has 6 heteroatoms. The third-order valence-corrected chi connectivity index (χ3v) is 5.60. The van der Waals surface area contributed by atoms with Gasteiger partial charge >= 0.3 is 0 Å². The molecule has 0 spiro atoms. The lowest BCUT2D eigenvalue weighted by molar-refractivity contribution is -0.115. The molecule has 1 saturated heterocycles. The van der Waals surface area contributed by atoms with Gasteiger partial charge in [0.15, 0.2) is 0 Å². The van der Waals surface area contributed by atoms with Crippen molar-refractivity contribution in [3.63, 3.8) is 0 Å². The molecule has 2 aromatic carbocycles. The smallest absolute Gasteiger partial charge is 0.253 e. The quantitative estimate of drug-likeness (QED) is 0.656. The van der Waals surface area contributed by atoms with E-state index in [0.717, 1.165) is 59.6 Å². The topological polar surface area (TPSA) is 78.1 Å². The van der Waals surface area contributed by atoms with Gasteiger partial charge in [-0.1, -0.05) is 31.9 Å². The highest BCUT2D eigenvalue weighted by molar-refractivity contribution is 5.97. The Morgan fingerprint density at radius 2 is 1.77 bits per heavy atom. The summed E-state index contributed by atoms with van der Waals surface area (Å²) in [7, 11) is 0. The monoisotopic (exact) mass is 404 g/mol. The Morgan fingerprint density at radius 1 is 1.03 bits per heavy atom. The molecule has 0 atom stereocenters. The molecule has 6 nitrogen and oxygen atoms in total. The number of nitrogens with zero attached hydrogens (tertiary/aromatic N) is 2. The lowest BCUT2D eigenvalue weighted by Gasteiger charge is -2.20. The van der Waals surface area contributed by atoms with Gasteiger partial charge in [-0.15, -0.1) is 0 Å². The third kappa shape index (κ3) is 4.70. The minimum absolute atomic E-state index is 0.00515. The molecule has 0 saturated carbocycles.